The monoisotopic (exact) mass is 593 g/mol. The van der Waals surface area contributed by atoms with Crippen LogP contribution < -0.4 is 0 Å². The van der Waals surface area contributed by atoms with E-state index in [1.54, 1.807) is 11.3 Å². The third-order valence-corrected chi connectivity index (χ3v) is 11.8. The topological polar surface area (TPSA) is 92.2 Å². The lowest BCUT2D eigenvalue weighted by Gasteiger charge is -2.62. The van der Waals surface area contributed by atoms with E-state index in [1.165, 1.54) is 0 Å². The highest BCUT2D eigenvalue weighted by Crippen LogP contribution is 2.65. The van der Waals surface area contributed by atoms with E-state index in [4.69, 9.17) is 37.4 Å². The molecule has 1 aromatic carbocycles. The van der Waals surface area contributed by atoms with Crippen LogP contribution in [0.4, 0.5) is 0 Å². The van der Waals surface area contributed by atoms with Crippen LogP contribution in [0.15, 0.2) is 28.3 Å². The van der Waals surface area contributed by atoms with Crippen LogP contribution in [0, 0.1) is 29.1 Å². The molecular weight excluding hydrogens is 565 g/mol. The molecule has 6 nitrogen and oxygen atoms in total. The Bertz CT molecular complexity index is 1560. The number of nitriles is 1. The molecule has 9 rings (SSSR count). The van der Waals surface area contributed by atoms with Crippen molar-refractivity contribution in [2.75, 3.05) is 0 Å². The van der Waals surface area contributed by atoms with Gasteiger partial charge in [0.2, 0.25) is 0 Å². The van der Waals surface area contributed by atoms with Crippen molar-refractivity contribution < 1.29 is 14.4 Å². The molecule has 4 bridgehead atoms. The predicted octanol–water partition coefficient (Wildman–Crippen LogP) is 7.82. The molecule has 0 radical (unpaired) electrons. The normalized spacial score (nSPS) is 32.1. The summed E-state index contributed by atoms with van der Waals surface area (Å²) < 4.78 is 12.8. The van der Waals surface area contributed by atoms with Crippen molar-refractivity contribution in [1.82, 2.24) is 10.1 Å². The summed E-state index contributed by atoms with van der Waals surface area (Å²) in [5.74, 6) is 2.02. The number of aryl methyl sites for hydroxylation is 1. The van der Waals surface area contributed by atoms with Gasteiger partial charge in [-0.15, -0.1) is 11.3 Å². The molecule has 5 saturated carbocycles. The number of benzene rings is 1. The Labute approximate surface area is 246 Å². The highest BCUT2D eigenvalue weighted by Gasteiger charge is 2.64. The van der Waals surface area contributed by atoms with Crippen LogP contribution in [0.3, 0.4) is 0 Å². The first-order valence-corrected chi connectivity index (χ1v) is 15.8. The lowest BCUT2D eigenvalue weighted by atomic mass is 9.48. The van der Waals surface area contributed by atoms with E-state index in [1.807, 2.05) is 24.3 Å². The van der Waals surface area contributed by atoms with E-state index in [9.17, 15) is 10.4 Å². The molecule has 6 aliphatic rings. The van der Waals surface area contributed by atoms with Gasteiger partial charge in [0, 0.05) is 22.6 Å². The Morgan fingerprint density at radius 1 is 1.12 bits per heavy atom. The van der Waals surface area contributed by atoms with Crippen molar-refractivity contribution in [2.24, 2.45) is 17.8 Å². The number of aliphatic hydroxyl groups is 1. The molecule has 2 aromatic heterocycles. The lowest BCUT2D eigenvalue weighted by molar-refractivity contribution is -0.250. The second-order valence-electron chi connectivity index (χ2n) is 12.5. The Kier molecular flexibility index (Phi) is 5.83. The maximum absolute atomic E-state index is 12.3. The summed E-state index contributed by atoms with van der Waals surface area (Å²) in [5, 5.41) is 28.1. The van der Waals surface area contributed by atoms with Gasteiger partial charge in [-0.05, 0) is 93.7 Å². The third-order valence-electron chi connectivity index (χ3n) is 10.0. The van der Waals surface area contributed by atoms with E-state index < -0.39 is 5.60 Å². The summed E-state index contributed by atoms with van der Waals surface area (Å²) in [4.78, 5) is 6.01. The van der Waals surface area contributed by atoms with E-state index in [0.29, 0.717) is 39.7 Å². The summed E-state index contributed by atoms with van der Waals surface area (Å²) in [6.45, 7) is 0.393. The van der Waals surface area contributed by atoms with Crippen molar-refractivity contribution in [3.63, 3.8) is 0 Å². The van der Waals surface area contributed by atoms with E-state index >= 15 is 0 Å². The van der Waals surface area contributed by atoms with Gasteiger partial charge in [0.1, 0.15) is 22.1 Å². The smallest absolute Gasteiger partial charge is 0.145 e. The van der Waals surface area contributed by atoms with Gasteiger partial charge < -0.3 is 14.4 Å². The standard InChI is InChI=1S/C31H29Cl2N3O3S/c32-22-2-1-3-23(33)26(22)27-21(28(39-36-27)18-5-6-18)15-38-30-11-17-8-19(12-30)31(37,20(9-17)13-30)29-35-24-7-4-16(14-34)10-25(24)40-29/h1-3,10,17-20,37H,4-9,11-13,15H2/t17?,19-,20+,30?,31?. The maximum Gasteiger partial charge on any atom is 0.145 e. The number of hydrogen-bond acceptors (Lipinski definition) is 7. The zero-order chi connectivity index (χ0) is 27.2. The van der Waals surface area contributed by atoms with Crippen LogP contribution in [0.2, 0.25) is 10.0 Å². The maximum atomic E-state index is 12.3. The molecule has 6 aliphatic carbocycles. The number of thiazole rings is 1. The average molecular weight is 595 g/mol. The number of fused-ring (bicyclic) bond motifs is 1. The summed E-state index contributed by atoms with van der Waals surface area (Å²) in [5.41, 5.74) is 2.93. The SMILES string of the molecule is N#CC1=Cc2sc(C3(O)[C@@H]4CC5C[C@H]3CC(OCc3c(-c6c(Cl)cccc6Cl)noc3C3CC3)(C5)C4)nc2CC1. The highest BCUT2D eigenvalue weighted by molar-refractivity contribution is 7.12. The highest BCUT2D eigenvalue weighted by atomic mass is 35.5. The molecular formula is C31H29Cl2N3O3S. The molecule has 0 spiro atoms. The number of ether oxygens (including phenoxy) is 1. The number of rotatable bonds is 6. The first-order chi connectivity index (χ1) is 19.4. The number of nitrogens with zero attached hydrogens (tertiary/aromatic N) is 3. The van der Waals surface area contributed by atoms with Crippen LogP contribution in [-0.4, -0.2) is 20.8 Å². The third kappa shape index (κ3) is 3.87. The van der Waals surface area contributed by atoms with Crippen LogP contribution in [0.25, 0.3) is 17.3 Å². The molecule has 0 aliphatic heterocycles. The zero-order valence-corrected chi connectivity index (χ0v) is 24.3. The number of hydrogen-bond donors (Lipinski definition) is 1. The number of allylic oxidation sites excluding steroid dienone is 1. The fraction of sp³-hybridized carbons (Fsp3) is 0.516. The van der Waals surface area contributed by atoms with Crippen LogP contribution in [0.1, 0.15) is 84.2 Å². The number of aromatic nitrogens is 2. The lowest BCUT2D eigenvalue weighted by Crippen LogP contribution is -2.62. The van der Waals surface area contributed by atoms with Gasteiger partial charge in [0.15, 0.2) is 0 Å². The molecule has 206 valence electrons. The summed E-state index contributed by atoms with van der Waals surface area (Å²) in [7, 11) is 0. The Balaban J connectivity index is 1.09. The second kappa shape index (κ2) is 9.14. The summed E-state index contributed by atoms with van der Waals surface area (Å²) >= 11 is 14.7. The van der Waals surface area contributed by atoms with Crippen molar-refractivity contribution in [1.29, 1.82) is 5.26 Å². The quantitative estimate of drug-likeness (QED) is 0.313. The molecule has 40 heavy (non-hydrogen) atoms. The minimum atomic E-state index is -0.931. The Hall–Kier alpha value is -2.21. The van der Waals surface area contributed by atoms with Gasteiger partial charge in [0.25, 0.3) is 0 Å². The molecule has 0 saturated heterocycles. The second-order valence-corrected chi connectivity index (χ2v) is 14.3. The average Bonchev–Trinajstić information content (AvgIpc) is 3.55. The van der Waals surface area contributed by atoms with Gasteiger partial charge in [-0.25, -0.2) is 4.98 Å². The summed E-state index contributed by atoms with van der Waals surface area (Å²) in [6.07, 6.45) is 10.3. The first kappa shape index (κ1) is 25.5. The zero-order valence-electron chi connectivity index (χ0n) is 22.0. The largest absolute Gasteiger partial charge is 0.382 e. The summed E-state index contributed by atoms with van der Waals surface area (Å²) in [6, 6.07) is 7.78. The minimum Gasteiger partial charge on any atom is -0.382 e. The fourth-order valence-electron chi connectivity index (χ4n) is 8.11. The van der Waals surface area contributed by atoms with Crippen LogP contribution in [-0.2, 0) is 23.4 Å². The molecule has 5 fully saturated rings. The first-order valence-electron chi connectivity index (χ1n) is 14.3. The van der Waals surface area contributed by atoms with Gasteiger partial charge in [0.05, 0.1) is 38.9 Å². The Morgan fingerprint density at radius 2 is 1.88 bits per heavy atom. The van der Waals surface area contributed by atoms with Crippen molar-refractivity contribution in [3.8, 4) is 17.3 Å². The molecule has 0 amide bonds. The molecule has 5 atom stereocenters. The van der Waals surface area contributed by atoms with Crippen LogP contribution >= 0.6 is 34.5 Å². The van der Waals surface area contributed by atoms with Crippen molar-refractivity contribution in [2.45, 2.75) is 81.5 Å². The van der Waals surface area contributed by atoms with Crippen LogP contribution in [0.5, 0.6) is 0 Å². The van der Waals surface area contributed by atoms with E-state index in [-0.39, 0.29) is 17.4 Å². The van der Waals surface area contributed by atoms with Crippen molar-refractivity contribution >= 4 is 40.6 Å². The molecule has 2 heterocycles. The van der Waals surface area contributed by atoms with Gasteiger partial charge >= 0.3 is 0 Å². The molecule has 9 heteroatoms. The van der Waals surface area contributed by atoms with E-state index in [0.717, 1.165) is 90.3 Å². The predicted molar refractivity (Wildman–Crippen MR) is 153 cm³/mol. The van der Waals surface area contributed by atoms with Crippen molar-refractivity contribution in [3.05, 3.63) is 60.7 Å². The van der Waals surface area contributed by atoms with E-state index in [2.05, 4.69) is 11.2 Å². The van der Waals surface area contributed by atoms with Gasteiger partial charge in [-0.3, -0.25) is 0 Å². The number of halogens is 2. The minimum absolute atomic E-state index is 0.105. The molecule has 1 N–H and O–H groups in total. The molecule has 3 aromatic rings. The van der Waals surface area contributed by atoms with Gasteiger partial charge in [-0.1, -0.05) is 34.4 Å². The molecule has 3 unspecified atom stereocenters. The Morgan fingerprint density at radius 3 is 2.58 bits per heavy atom. The fourth-order valence-corrected chi connectivity index (χ4v) is 10.0. The van der Waals surface area contributed by atoms with Gasteiger partial charge in [-0.2, -0.15) is 5.26 Å².